The predicted octanol–water partition coefficient (Wildman–Crippen LogP) is 2.47. The number of rotatable bonds is 2. The SMILES string of the molecule is C/C=C\C=N/[Si](C)(C)C. The lowest BCUT2D eigenvalue weighted by Crippen LogP contribution is -2.15. The Kier molecular flexibility index (Phi) is 3.46. The molecule has 0 unspecified atom stereocenters. The second kappa shape index (κ2) is 3.61. The average molecular weight is 141 g/mol. The van der Waals surface area contributed by atoms with Gasteiger partial charge in [0.25, 0.3) is 0 Å². The molecule has 1 nitrogen and oxygen atoms in total. The molecule has 0 N–H and O–H groups in total. The Morgan fingerprint density at radius 1 is 1.22 bits per heavy atom. The van der Waals surface area contributed by atoms with Crippen LogP contribution >= 0.6 is 0 Å². The van der Waals surface area contributed by atoms with E-state index in [2.05, 4.69) is 24.3 Å². The van der Waals surface area contributed by atoms with Crippen LogP contribution < -0.4 is 0 Å². The third kappa shape index (κ3) is 7.63. The summed E-state index contributed by atoms with van der Waals surface area (Å²) in [4.78, 5) is 0. The fraction of sp³-hybridized carbons (Fsp3) is 0.571. The molecule has 0 radical (unpaired) electrons. The molecule has 0 saturated carbocycles. The van der Waals surface area contributed by atoms with Crippen molar-refractivity contribution in [2.45, 2.75) is 26.6 Å². The first-order chi connectivity index (χ1) is 4.06. The van der Waals surface area contributed by atoms with Gasteiger partial charge in [0, 0.05) is 6.21 Å². The second-order valence-corrected chi connectivity index (χ2v) is 7.57. The molecule has 0 aliphatic rings. The van der Waals surface area contributed by atoms with Gasteiger partial charge in [-0.1, -0.05) is 6.08 Å². The third-order valence-corrected chi connectivity index (χ3v) is 1.66. The van der Waals surface area contributed by atoms with Gasteiger partial charge in [-0.3, -0.25) is 0 Å². The summed E-state index contributed by atoms with van der Waals surface area (Å²) in [6.45, 7) is 8.64. The molecular weight excluding hydrogens is 126 g/mol. The molecule has 0 spiro atoms. The molecule has 0 amide bonds. The number of allylic oxidation sites excluding steroid dienone is 2. The van der Waals surface area contributed by atoms with Crippen molar-refractivity contribution in [2.24, 2.45) is 4.66 Å². The number of nitrogens with zero attached hydrogens (tertiary/aromatic N) is 1. The molecule has 0 atom stereocenters. The lowest BCUT2D eigenvalue weighted by Gasteiger charge is -2.05. The number of hydrogen-bond donors (Lipinski definition) is 0. The third-order valence-electron chi connectivity index (χ3n) is 0.740. The standard InChI is InChI=1S/C7H15NSi/c1-5-6-7-8-9(2,3)4/h5-7H,1-4H3/b6-5-,8-7-. The minimum Gasteiger partial charge on any atom is -0.329 e. The van der Waals surface area contributed by atoms with Crippen LogP contribution in [0.25, 0.3) is 0 Å². The van der Waals surface area contributed by atoms with Crippen molar-refractivity contribution in [2.75, 3.05) is 0 Å². The van der Waals surface area contributed by atoms with E-state index < -0.39 is 8.24 Å². The van der Waals surface area contributed by atoms with Crippen molar-refractivity contribution < 1.29 is 0 Å². The van der Waals surface area contributed by atoms with Crippen LogP contribution in [0.2, 0.25) is 19.6 Å². The van der Waals surface area contributed by atoms with E-state index in [0.29, 0.717) is 0 Å². The Bertz CT molecular complexity index is 119. The molecule has 0 aliphatic carbocycles. The molecule has 0 aromatic heterocycles. The molecule has 0 saturated heterocycles. The van der Waals surface area contributed by atoms with Gasteiger partial charge in [0.2, 0.25) is 0 Å². The highest BCUT2D eigenvalue weighted by Crippen LogP contribution is 1.99. The summed E-state index contributed by atoms with van der Waals surface area (Å²) >= 11 is 0. The van der Waals surface area contributed by atoms with E-state index in [0.717, 1.165) is 0 Å². The maximum Gasteiger partial charge on any atom is 0.172 e. The van der Waals surface area contributed by atoms with Gasteiger partial charge in [-0.05, 0) is 32.6 Å². The zero-order chi connectivity index (χ0) is 7.33. The monoisotopic (exact) mass is 141 g/mol. The lowest BCUT2D eigenvalue weighted by atomic mass is 10.6. The Morgan fingerprint density at radius 2 is 1.78 bits per heavy atom. The van der Waals surface area contributed by atoms with Crippen LogP contribution in [0.4, 0.5) is 0 Å². The van der Waals surface area contributed by atoms with Gasteiger partial charge in [-0.15, -0.1) is 0 Å². The summed E-state index contributed by atoms with van der Waals surface area (Å²) < 4.78 is 4.37. The van der Waals surface area contributed by atoms with Gasteiger partial charge in [0.05, 0.1) is 0 Å². The molecule has 0 heterocycles. The maximum absolute atomic E-state index is 4.37. The van der Waals surface area contributed by atoms with Gasteiger partial charge < -0.3 is 4.66 Å². The van der Waals surface area contributed by atoms with Crippen molar-refractivity contribution in [1.82, 2.24) is 0 Å². The highest BCUT2D eigenvalue weighted by molar-refractivity contribution is 6.75. The van der Waals surface area contributed by atoms with E-state index in [1.54, 1.807) is 0 Å². The van der Waals surface area contributed by atoms with Crippen molar-refractivity contribution in [3.05, 3.63) is 12.2 Å². The molecule has 0 rings (SSSR count). The van der Waals surface area contributed by atoms with Crippen LogP contribution in [0.1, 0.15) is 6.92 Å². The van der Waals surface area contributed by atoms with E-state index in [1.807, 2.05) is 25.3 Å². The summed E-state index contributed by atoms with van der Waals surface area (Å²) in [5.41, 5.74) is 0. The first-order valence-electron chi connectivity index (χ1n) is 3.23. The van der Waals surface area contributed by atoms with Crippen LogP contribution in [0.15, 0.2) is 16.8 Å². The second-order valence-electron chi connectivity index (χ2n) is 2.97. The lowest BCUT2D eigenvalue weighted by molar-refractivity contribution is 1.58. The minimum atomic E-state index is -1.18. The summed E-state index contributed by atoms with van der Waals surface area (Å²) in [7, 11) is -1.18. The molecule has 0 aliphatic heterocycles. The fourth-order valence-electron chi connectivity index (χ4n) is 0.353. The van der Waals surface area contributed by atoms with E-state index >= 15 is 0 Å². The van der Waals surface area contributed by atoms with Crippen molar-refractivity contribution in [1.29, 1.82) is 0 Å². The van der Waals surface area contributed by atoms with Crippen LogP contribution in [-0.4, -0.2) is 14.5 Å². The van der Waals surface area contributed by atoms with Crippen molar-refractivity contribution >= 4 is 14.5 Å². The molecule has 52 valence electrons. The summed E-state index contributed by atoms with van der Waals surface area (Å²) in [5, 5.41) is 0. The first-order valence-corrected chi connectivity index (χ1v) is 6.67. The zero-order valence-corrected chi connectivity index (χ0v) is 7.68. The molecule has 0 fully saturated rings. The molecule has 0 aromatic rings. The fourth-order valence-corrected chi connectivity index (χ4v) is 0.886. The quantitative estimate of drug-likeness (QED) is 0.414. The van der Waals surface area contributed by atoms with E-state index in [1.165, 1.54) is 0 Å². The van der Waals surface area contributed by atoms with Crippen LogP contribution in [-0.2, 0) is 0 Å². The van der Waals surface area contributed by atoms with Crippen LogP contribution in [0.3, 0.4) is 0 Å². The summed E-state index contributed by atoms with van der Waals surface area (Å²) in [6.07, 6.45) is 5.86. The molecule has 2 heteroatoms. The van der Waals surface area contributed by atoms with E-state index in [9.17, 15) is 0 Å². The Balaban J connectivity index is 3.71. The Morgan fingerprint density at radius 3 is 2.11 bits per heavy atom. The highest BCUT2D eigenvalue weighted by Gasteiger charge is 2.07. The zero-order valence-electron chi connectivity index (χ0n) is 6.68. The molecular formula is C7H15NSi. The average Bonchev–Trinajstić information content (AvgIpc) is 1.63. The molecule has 0 bridgehead atoms. The number of hydrogen-bond acceptors (Lipinski definition) is 1. The molecule has 0 aromatic carbocycles. The van der Waals surface area contributed by atoms with Gasteiger partial charge >= 0.3 is 0 Å². The first kappa shape index (κ1) is 8.63. The van der Waals surface area contributed by atoms with Gasteiger partial charge in [-0.2, -0.15) is 0 Å². The van der Waals surface area contributed by atoms with E-state index in [-0.39, 0.29) is 0 Å². The van der Waals surface area contributed by atoms with E-state index in [4.69, 9.17) is 0 Å². The largest absolute Gasteiger partial charge is 0.329 e. The summed E-state index contributed by atoms with van der Waals surface area (Å²) in [6, 6.07) is 0. The maximum atomic E-state index is 4.37. The van der Waals surface area contributed by atoms with Gasteiger partial charge in [0.1, 0.15) is 0 Å². The smallest absolute Gasteiger partial charge is 0.172 e. The van der Waals surface area contributed by atoms with Crippen LogP contribution in [0, 0.1) is 0 Å². The van der Waals surface area contributed by atoms with Crippen LogP contribution in [0.5, 0.6) is 0 Å². The summed E-state index contributed by atoms with van der Waals surface area (Å²) in [5.74, 6) is 0. The Labute approximate surface area is 58.6 Å². The van der Waals surface area contributed by atoms with Crippen molar-refractivity contribution in [3.63, 3.8) is 0 Å². The van der Waals surface area contributed by atoms with Gasteiger partial charge in [-0.25, -0.2) is 0 Å². The van der Waals surface area contributed by atoms with Crippen molar-refractivity contribution in [3.8, 4) is 0 Å². The topological polar surface area (TPSA) is 12.4 Å². The Hall–Kier alpha value is -0.373. The highest BCUT2D eigenvalue weighted by atomic mass is 28.3. The minimum absolute atomic E-state index is 1.18. The molecule has 9 heavy (non-hydrogen) atoms. The van der Waals surface area contributed by atoms with Gasteiger partial charge in [0.15, 0.2) is 8.24 Å². The normalized spacial score (nSPS) is 13.8. The predicted molar refractivity (Wildman–Crippen MR) is 46.7 cm³/mol.